The van der Waals surface area contributed by atoms with E-state index in [1.807, 2.05) is 61.5 Å². The second-order valence-electron chi connectivity index (χ2n) is 6.25. The highest BCUT2D eigenvalue weighted by Crippen LogP contribution is 2.21. The van der Waals surface area contributed by atoms with Gasteiger partial charge in [-0.25, -0.2) is 4.79 Å². The number of amides is 2. The number of rotatable bonds is 4. The summed E-state index contributed by atoms with van der Waals surface area (Å²) in [5.41, 5.74) is 2.79. The molecule has 0 saturated carbocycles. The standard InChI is InChI=1S/C20H22N2O3/c1-15-9-11-17(12-10-15)21-19(23)18-8-5-13-22(18)20(24)25-14-16-6-3-2-4-7-16/h2-4,6-7,9-12,18H,5,8,13-14H2,1H3,(H,21,23). The second kappa shape index (κ2) is 7.83. The molecule has 1 heterocycles. The first kappa shape index (κ1) is 17.0. The largest absolute Gasteiger partial charge is 0.445 e. The molecule has 0 spiro atoms. The first-order chi connectivity index (χ1) is 12.1. The van der Waals surface area contributed by atoms with Gasteiger partial charge in [-0.3, -0.25) is 9.69 Å². The van der Waals surface area contributed by atoms with Crippen LogP contribution in [0.5, 0.6) is 0 Å². The van der Waals surface area contributed by atoms with Crippen LogP contribution in [-0.4, -0.2) is 29.5 Å². The Kier molecular flexibility index (Phi) is 5.33. The minimum Gasteiger partial charge on any atom is -0.445 e. The van der Waals surface area contributed by atoms with Crippen LogP contribution in [0.25, 0.3) is 0 Å². The number of anilines is 1. The fourth-order valence-electron chi connectivity index (χ4n) is 2.92. The molecule has 130 valence electrons. The molecule has 1 aliphatic rings. The number of aryl methyl sites for hydroxylation is 1. The van der Waals surface area contributed by atoms with Gasteiger partial charge in [-0.15, -0.1) is 0 Å². The highest BCUT2D eigenvalue weighted by molar-refractivity contribution is 5.96. The van der Waals surface area contributed by atoms with E-state index in [1.165, 1.54) is 4.90 Å². The van der Waals surface area contributed by atoms with Crippen LogP contribution in [0.3, 0.4) is 0 Å². The molecule has 1 N–H and O–H groups in total. The van der Waals surface area contributed by atoms with Crippen molar-refractivity contribution in [2.75, 3.05) is 11.9 Å². The minimum atomic E-state index is -0.482. The Labute approximate surface area is 147 Å². The van der Waals surface area contributed by atoms with Gasteiger partial charge in [-0.2, -0.15) is 0 Å². The van der Waals surface area contributed by atoms with E-state index in [-0.39, 0.29) is 12.5 Å². The lowest BCUT2D eigenvalue weighted by Crippen LogP contribution is -2.43. The summed E-state index contributed by atoms with van der Waals surface area (Å²) in [5, 5.41) is 2.88. The molecule has 0 radical (unpaired) electrons. The number of hydrogen-bond donors (Lipinski definition) is 1. The number of carbonyl (C=O) groups is 2. The lowest BCUT2D eigenvalue weighted by atomic mass is 10.2. The summed E-state index contributed by atoms with van der Waals surface area (Å²) in [5.74, 6) is -0.169. The van der Waals surface area contributed by atoms with Crippen LogP contribution in [-0.2, 0) is 16.1 Å². The third-order valence-electron chi connectivity index (χ3n) is 4.31. The molecule has 1 fully saturated rings. The molecule has 1 atom stereocenters. The van der Waals surface area contributed by atoms with Crippen molar-refractivity contribution in [3.05, 3.63) is 65.7 Å². The van der Waals surface area contributed by atoms with Crippen molar-refractivity contribution < 1.29 is 14.3 Å². The summed E-state index contributed by atoms with van der Waals surface area (Å²) in [4.78, 5) is 26.4. The predicted octanol–water partition coefficient (Wildman–Crippen LogP) is 3.73. The number of likely N-dealkylation sites (tertiary alicyclic amines) is 1. The maximum Gasteiger partial charge on any atom is 0.410 e. The third kappa shape index (κ3) is 4.38. The van der Waals surface area contributed by atoms with Crippen LogP contribution in [0, 0.1) is 6.92 Å². The number of nitrogens with zero attached hydrogens (tertiary/aromatic N) is 1. The Morgan fingerprint density at radius 3 is 2.56 bits per heavy atom. The molecule has 1 unspecified atom stereocenters. The quantitative estimate of drug-likeness (QED) is 0.924. The minimum absolute atomic E-state index is 0.169. The molecular weight excluding hydrogens is 316 g/mol. The van der Waals surface area contributed by atoms with Gasteiger partial charge in [0.25, 0.3) is 0 Å². The van der Waals surface area contributed by atoms with Crippen LogP contribution < -0.4 is 5.32 Å². The number of hydrogen-bond acceptors (Lipinski definition) is 3. The van der Waals surface area contributed by atoms with Gasteiger partial charge in [0, 0.05) is 12.2 Å². The van der Waals surface area contributed by atoms with E-state index in [0.717, 1.165) is 23.2 Å². The number of carbonyl (C=O) groups excluding carboxylic acids is 2. The van der Waals surface area contributed by atoms with Gasteiger partial charge >= 0.3 is 6.09 Å². The average molecular weight is 338 g/mol. The fourth-order valence-corrected chi connectivity index (χ4v) is 2.92. The SMILES string of the molecule is Cc1ccc(NC(=O)C2CCCN2C(=O)OCc2ccccc2)cc1. The average Bonchev–Trinajstić information content (AvgIpc) is 3.12. The maximum atomic E-state index is 12.5. The Hall–Kier alpha value is -2.82. The molecule has 1 saturated heterocycles. The lowest BCUT2D eigenvalue weighted by molar-refractivity contribution is -0.120. The van der Waals surface area contributed by atoms with E-state index >= 15 is 0 Å². The number of nitrogens with one attached hydrogen (secondary N) is 1. The predicted molar refractivity (Wildman–Crippen MR) is 96.2 cm³/mol. The molecule has 1 aliphatic heterocycles. The van der Waals surface area contributed by atoms with Crippen molar-refractivity contribution in [2.24, 2.45) is 0 Å². The zero-order valence-corrected chi connectivity index (χ0v) is 14.3. The van der Waals surface area contributed by atoms with Gasteiger partial charge in [0.2, 0.25) is 5.91 Å². The Morgan fingerprint density at radius 2 is 1.84 bits per heavy atom. The molecule has 0 bridgehead atoms. The number of benzene rings is 2. The highest BCUT2D eigenvalue weighted by atomic mass is 16.6. The third-order valence-corrected chi connectivity index (χ3v) is 4.31. The van der Waals surface area contributed by atoms with E-state index < -0.39 is 12.1 Å². The molecule has 2 aromatic carbocycles. The molecule has 3 rings (SSSR count). The molecule has 0 aromatic heterocycles. The molecule has 0 aliphatic carbocycles. The highest BCUT2D eigenvalue weighted by Gasteiger charge is 2.35. The first-order valence-corrected chi connectivity index (χ1v) is 8.48. The van der Waals surface area contributed by atoms with Crippen LogP contribution >= 0.6 is 0 Å². The Balaban J connectivity index is 1.58. The topological polar surface area (TPSA) is 58.6 Å². The molecule has 5 heteroatoms. The van der Waals surface area contributed by atoms with E-state index in [0.29, 0.717) is 13.0 Å². The van der Waals surface area contributed by atoms with Gasteiger partial charge in [-0.1, -0.05) is 48.0 Å². The van der Waals surface area contributed by atoms with Gasteiger partial charge in [-0.05, 0) is 37.5 Å². The summed E-state index contributed by atoms with van der Waals surface area (Å²) in [6.45, 7) is 2.75. The van der Waals surface area contributed by atoms with Crippen molar-refractivity contribution in [1.82, 2.24) is 4.90 Å². The van der Waals surface area contributed by atoms with E-state index in [9.17, 15) is 9.59 Å². The summed E-state index contributed by atoms with van der Waals surface area (Å²) < 4.78 is 5.37. The van der Waals surface area contributed by atoms with E-state index in [2.05, 4.69) is 5.32 Å². The van der Waals surface area contributed by atoms with Gasteiger partial charge in [0.15, 0.2) is 0 Å². The maximum absolute atomic E-state index is 12.5. The second-order valence-corrected chi connectivity index (χ2v) is 6.25. The van der Waals surface area contributed by atoms with Gasteiger partial charge in [0.1, 0.15) is 12.6 Å². The first-order valence-electron chi connectivity index (χ1n) is 8.48. The summed E-state index contributed by atoms with van der Waals surface area (Å²) in [6, 6.07) is 16.6. The van der Waals surface area contributed by atoms with Crippen LogP contribution in [0.1, 0.15) is 24.0 Å². The van der Waals surface area contributed by atoms with Crippen molar-refractivity contribution in [1.29, 1.82) is 0 Å². The normalized spacial score (nSPS) is 16.5. The molecule has 2 amide bonds. The summed E-state index contributed by atoms with van der Waals surface area (Å²) >= 11 is 0. The van der Waals surface area contributed by atoms with Crippen molar-refractivity contribution in [2.45, 2.75) is 32.4 Å². The van der Waals surface area contributed by atoms with Gasteiger partial charge < -0.3 is 10.1 Å². The zero-order valence-electron chi connectivity index (χ0n) is 14.3. The fraction of sp³-hybridized carbons (Fsp3) is 0.300. The van der Waals surface area contributed by atoms with Crippen molar-refractivity contribution in [3.8, 4) is 0 Å². The molecule has 25 heavy (non-hydrogen) atoms. The molecular formula is C20H22N2O3. The summed E-state index contributed by atoms with van der Waals surface area (Å²) in [6.07, 6.45) is 1.01. The lowest BCUT2D eigenvalue weighted by Gasteiger charge is -2.23. The Bertz CT molecular complexity index is 728. The van der Waals surface area contributed by atoms with Crippen molar-refractivity contribution >= 4 is 17.7 Å². The molecule has 2 aromatic rings. The van der Waals surface area contributed by atoms with E-state index in [4.69, 9.17) is 4.74 Å². The monoisotopic (exact) mass is 338 g/mol. The molecule has 5 nitrogen and oxygen atoms in total. The van der Waals surface area contributed by atoms with E-state index in [1.54, 1.807) is 0 Å². The summed E-state index contributed by atoms with van der Waals surface area (Å²) in [7, 11) is 0. The zero-order chi connectivity index (χ0) is 17.6. The number of ether oxygens (including phenoxy) is 1. The smallest absolute Gasteiger partial charge is 0.410 e. The van der Waals surface area contributed by atoms with Crippen LogP contribution in [0.4, 0.5) is 10.5 Å². The van der Waals surface area contributed by atoms with Crippen LogP contribution in [0.2, 0.25) is 0 Å². The van der Waals surface area contributed by atoms with Gasteiger partial charge in [0.05, 0.1) is 0 Å². The van der Waals surface area contributed by atoms with Crippen LogP contribution in [0.15, 0.2) is 54.6 Å². The van der Waals surface area contributed by atoms with Crippen molar-refractivity contribution in [3.63, 3.8) is 0 Å². The Morgan fingerprint density at radius 1 is 1.12 bits per heavy atom.